The van der Waals surface area contributed by atoms with Gasteiger partial charge in [-0.3, -0.25) is 14.2 Å². The van der Waals surface area contributed by atoms with E-state index in [1.165, 1.54) is 17.0 Å². The summed E-state index contributed by atoms with van der Waals surface area (Å²) in [4.78, 5) is 33.7. The number of nitrogens with zero attached hydrogens (tertiary/aromatic N) is 4. The van der Waals surface area contributed by atoms with Crippen LogP contribution in [0.2, 0.25) is 0 Å². The van der Waals surface area contributed by atoms with Gasteiger partial charge in [0.05, 0.1) is 26.2 Å². The van der Waals surface area contributed by atoms with Crippen molar-refractivity contribution in [2.24, 2.45) is 0 Å². The third-order valence-corrected chi connectivity index (χ3v) is 5.62. The molecule has 166 valence electrons. The predicted molar refractivity (Wildman–Crippen MR) is 122 cm³/mol. The van der Waals surface area contributed by atoms with Crippen LogP contribution in [0.3, 0.4) is 0 Å². The molecule has 0 unspecified atom stereocenters. The minimum Gasteiger partial charge on any atom is -0.497 e. The van der Waals surface area contributed by atoms with Gasteiger partial charge in [0.25, 0.3) is 5.56 Å². The second kappa shape index (κ2) is 9.55. The molecule has 1 amide bonds. The van der Waals surface area contributed by atoms with E-state index in [0.29, 0.717) is 18.8 Å². The van der Waals surface area contributed by atoms with Crippen LogP contribution in [-0.4, -0.2) is 60.8 Å². The molecule has 1 aliphatic rings. The normalized spacial score (nSPS) is 13.7. The summed E-state index contributed by atoms with van der Waals surface area (Å²) in [5.41, 5.74) is 2.20. The number of piperazine rings is 1. The maximum absolute atomic E-state index is 12.8. The number of rotatable bonds is 6. The highest BCUT2D eigenvalue weighted by atomic mass is 16.5. The topological polar surface area (TPSA) is 76.9 Å². The lowest BCUT2D eigenvalue weighted by molar-refractivity contribution is -0.132. The van der Waals surface area contributed by atoms with Gasteiger partial charge in [-0.1, -0.05) is 6.07 Å². The van der Waals surface area contributed by atoms with Crippen LogP contribution < -0.4 is 19.9 Å². The van der Waals surface area contributed by atoms with Crippen LogP contribution in [0.4, 0.5) is 5.69 Å². The minimum absolute atomic E-state index is 0.0200. The lowest BCUT2D eigenvalue weighted by Gasteiger charge is -2.36. The molecule has 8 heteroatoms. The Labute approximate surface area is 186 Å². The number of carbonyl (C=O) groups is 1. The van der Waals surface area contributed by atoms with Gasteiger partial charge in [0.2, 0.25) is 5.91 Å². The lowest BCUT2D eigenvalue weighted by Crippen LogP contribution is -2.50. The highest BCUT2D eigenvalue weighted by Crippen LogP contribution is 2.22. The van der Waals surface area contributed by atoms with E-state index < -0.39 is 0 Å². The zero-order chi connectivity index (χ0) is 22.5. The number of anilines is 1. The first-order valence-corrected chi connectivity index (χ1v) is 10.4. The van der Waals surface area contributed by atoms with E-state index in [0.717, 1.165) is 35.8 Å². The monoisotopic (exact) mass is 434 g/mol. The molecule has 1 aliphatic heterocycles. The molecule has 2 aromatic carbocycles. The van der Waals surface area contributed by atoms with E-state index in [2.05, 4.69) is 9.88 Å². The molecule has 32 heavy (non-hydrogen) atoms. The van der Waals surface area contributed by atoms with Gasteiger partial charge in [-0.25, -0.2) is 4.98 Å². The Morgan fingerprint density at radius 1 is 0.938 bits per heavy atom. The fourth-order valence-corrected chi connectivity index (χ4v) is 3.73. The third-order valence-electron chi connectivity index (χ3n) is 5.62. The summed E-state index contributed by atoms with van der Waals surface area (Å²) in [5, 5.41) is 0. The van der Waals surface area contributed by atoms with Gasteiger partial charge in [0.15, 0.2) is 0 Å². The summed E-state index contributed by atoms with van der Waals surface area (Å²) in [5.74, 6) is 1.46. The van der Waals surface area contributed by atoms with Crippen LogP contribution in [0, 0.1) is 0 Å². The standard InChI is InChI=1S/C24H26N4O4/c1-31-20-8-6-18(7-9-20)22-15-23(29)28(17-25-22)16-24(30)27-12-10-26(11-13-27)19-4-3-5-21(14-19)32-2/h3-9,14-15,17H,10-13,16H2,1-2H3. The van der Waals surface area contributed by atoms with Crippen LogP contribution in [0.15, 0.2) is 65.7 Å². The van der Waals surface area contributed by atoms with E-state index in [1.54, 1.807) is 19.1 Å². The first-order chi connectivity index (χ1) is 15.6. The van der Waals surface area contributed by atoms with Crippen LogP contribution in [0.25, 0.3) is 11.3 Å². The molecule has 4 rings (SSSR count). The molecule has 8 nitrogen and oxygen atoms in total. The number of hydrogen-bond donors (Lipinski definition) is 0. The maximum atomic E-state index is 12.8. The molecule has 1 aromatic heterocycles. The zero-order valence-corrected chi connectivity index (χ0v) is 18.2. The van der Waals surface area contributed by atoms with Gasteiger partial charge in [-0.05, 0) is 36.4 Å². The molecule has 1 fully saturated rings. The Morgan fingerprint density at radius 3 is 2.31 bits per heavy atom. The van der Waals surface area contributed by atoms with Crippen LogP contribution in [-0.2, 0) is 11.3 Å². The van der Waals surface area contributed by atoms with Crippen molar-refractivity contribution in [2.45, 2.75) is 6.54 Å². The van der Waals surface area contributed by atoms with Crippen molar-refractivity contribution in [1.82, 2.24) is 14.5 Å². The van der Waals surface area contributed by atoms with E-state index in [9.17, 15) is 9.59 Å². The predicted octanol–water partition coefficient (Wildman–Crippen LogP) is 2.28. The summed E-state index contributed by atoms with van der Waals surface area (Å²) < 4.78 is 11.8. The zero-order valence-electron chi connectivity index (χ0n) is 18.2. The molecule has 0 N–H and O–H groups in total. The van der Waals surface area contributed by atoms with Crippen molar-refractivity contribution >= 4 is 11.6 Å². The smallest absolute Gasteiger partial charge is 0.254 e. The quantitative estimate of drug-likeness (QED) is 0.593. The lowest BCUT2D eigenvalue weighted by atomic mass is 10.1. The molecule has 2 heterocycles. The third kappa shape index (κ3) is 4.74. The summed E-state index contributed by atoms with van der Waals surface area (Å²) in [6.45, 7) is 2.63. The fourth-order valence-electron chi connectivity index (χ4n) is 3.73. The van der Waals surface area contributed by atoms with Gasteiger partial charge in [0, 0.05) is 49.6 Å². The first kappa shape index (κ1) is 21.4. The number of benzene rings is 2. The summed E-state index contributed by atoms with van der Waals surface area (Å²) in [6, 6.07) is 16.7. The second-order valence-electron chi connectivity index (χ2n) is 7.54. The van der Waals surface area contributed by atoms with Gasteiger partial charge >= 0.3 is 0 Å². The average Bonchev–Trinajstić information content (AvgIpc) is 2.85. The number of aromatic nitrogens is 2. The molecule has 0 atom stereocenters. The van der Waals surface area contributed by atoms with E-state index in [1.807, 2.05) is 48.5 Å². The Balaban J connectivity index is 1.37. The highest BCUT2D eigenvalue weighted by molar-refractivity contribution is 5.76. The van der Waals surface area contributed by atoms with Crippen molar-refractivity contribution in [3.05, 3.63) is 71.3 Å². The molecule has 0 aliphatic carbocycles. The number of hydrogen-bond acceptors (Lipinski definition) is 6. The number of carbonyl (C=O) groups excluding carboxylic acids is 1. The summed E-state index contributed by atoms with van der Waals surface area (Å²) >= 11 is 0. The highest BCUT2D eigenvalue weighted by Gasteiger charge is 2.22. The van der Waals surface area contributed by atoms with Crippen molar-refractivity contribution < 1.29 is 14.3 Å². The Bertz CT molecular complexity index is 1140. The van der Waals surface area contributed by atoms with Crippen LogP contribution >= 0.6 is 0 Å². The van der Waals surface area contributed by atoms with E-state index in [4.69, 9.17) is 9.47 Å². The fraction of sp³-hybridized carbons (Fsp3) is 0.292. The molecule has 0 spiro atoms. The molecular weight excluding hydrogens is 408 g/mol. The minimum atomic E-state index is -0.255. The second-order valence-corrected chi connectivity index (χ2v) is 7.54. The number of amides is 1. The molecule has 0 saturated carbocycles. The van der Waals surface area contributed by atoms with Crippen molar-refractivity contribution in [2.75, 3.05) is 45.3 Å². The molecule has 0 bridgehead atoms. The van der Waals surface area contributed by atoms with Gasteiger partial charge < -0.3 is 19.3 Å². The Hall–Kier alpha value is -3.81. The SMILES string of the molecule is COc1ccc(-c2cc(=O)n(CC(=O)N3CCN(c4cccc(OC)c4)CC3)cn2)cc1. The maximum Gasteiger partial charge on any atom is 0.254 e. The Morgan fingerprint density at radius 2 is 1.66 bits per heavy atom. The van der Waals surface area contributed by atoms with Crippen LogP contribution in [0.5, 0.6) is 11.5 Å². The van der Waals surface area contributed by atoms with Crippen molar-refractivity contribution in [1.29, 1.82) is 0 Å². The number of ether oxygens (including phenoxy) is 2. The van der Waals surface area contributed by atoms with Gasteiger partial charge in [0.1, 0.15) is 18.0 Å². The first-order valence-electron chi connectivity index (χ1n) is 10.4. The van der Waals surface area contributed by atoms with E-state index >= 15 is 0 Å². The summed E-state index contributed by atoms with van der Waals surface area (Å²) in [7, 11) is 3.25. The molecule has 0 radical (unpaired) electrons. The number of methoxy groups -OCH3 is 2. The largest absolute Gasteiger partial charge is 0.497 e. The molecule has 1 saturated heterocycles. The van der Waals surface area contributed by atoms with Crippen LogP contribution in [0.1, 0.15) is 0 Å². The molecular formula is C24H26N4O4. The van der Waals surface area contributed by atoms with Crippen molar-refractivity contribution in [3.8, 4) is 22.8 Å². The van der Waals surface area contributed by atoms with Gasteiger partial charge in [-0.2, -0.15) is 0 Å². The molecule has 3 aromatic rings. The average molecular weight is 434 g/mol. The summed E-state index contributed by atoms with van der Waals surface area (Å²) in [6.07, 6.45) is 1.44. The van der Waals surface area contributed by atoms with E-state index in [-0.39, 0.29) is 18.0 Å². The van der Waals surface area contributed by atoms with Gasteiger partial charge in [-0.15, -0.1) is 0 Å². The Kier molecular flexibility index (Phi) is 6.39. The van der Waals surface area contributed by atoms with Crippen molar-refractivity contribution in [3.63, 3.8) is 0 Å².